The number of hydrogen-bond donors (Lipinski definition) is 0. The van der Waals surface area contributed by atoms with Crippen LogP contribution < -0.4 is 9.47 Å². The van der Waals surface area contributed by atoms with Crippen molar-refractivity contribution in [3.05, 3.63) is 22.9 Å². The van der Waals surface area contributed by atoms with E-state index in [1.165, 1.54) is 0 Å². The van der Waals surface area contributed by atoms with Crippen LogP contribution in [0, 0.1) is 0 Å². The van der Waals surface area contributed by atoms with Crippen molar-refractivity contribution in [2.45, 2.75) is 0 Å². The van der Waals surface area contributed by atoms with E-state index in [1.54, 1.807) is 14.2 Å². The van der Waals surface area contributed by atoms with Crippen molar-refractivity contribution in [2.24, 2.45) is 0 Å². The Hall–Kier alpha value is -1.23. The molecule has 0 spiro atoms. The van der Waals surface area contributed by atoms with Gasteiger partial charge in [-0.1, -0.05) is 0 Å². The Morgan fingerprint density at radius 3 is 2.71 bits per heavy atom. The standard InChI is InChI=1S/C9H9BrN2O2/c1-13-6-3-4-8-11-7(10)5-12(8)9(6)14-2/h3-5H,1-2H3. The van der Waals surface area contributed by atoms with Crippen molar-refractivity contribution < 1.29 is 9.47 Å². The van der Waals surface area contributed by atoms with Gasteiger partial charge in [0.05, 0.1) is 14.2 Å². The van der Waals surface area contributed by atoms with Crippen LogP contribution in [0.1, 0.15) is 0 Å². The van der Waals surface area contributed by atoms with Crippen LogP contribution in [0.25, 0.3) is 5.65 Å². The molecule has 0 aliphatic rings. The third-order valence-electron chi connectivity index (χ3n) is 1.93. The number of methoxy groups -OCH3 is 2. The maximum atomic E-state index is 5.24. The van der Waals surface area contributed by atoms with Gasteiger partial charge in [0.2, 0.25) is 5.88 Å². The minimum atomic E-state index is 0.642. The summed E-state index contributed by atoms with van der Waals surface area (Å²) in [6.07, 6.45) is 1.83. The molecule has 0 unspecified atom stereocenters. The van der Waals surface area contributed by atoms with Gasteiger partial charge in [0, 0.05) is 6.20 Å². The van der Waals surface area contributed by atoms with Crippen molar-refractivity contribution >= 4 is 21.6 Å². The van der Waals surface area contributed by atoms with E-state index in [0.717, 1.165) is 10.3 Å². The highest BCUT2D eigenvalue weighted by atomic mass is 79.9. The molecule has 5 heteroatoms. The summed E-state index contributed by atoms with van der Waals surface area (Å²) in [6.45, 7) is 0. The van der Waals surface area contributed by atoms with E-state index in [4.69, 9.17) is 9.47 Å². The maximum Gasteiger partial charge on any atom is 0.242 e. The fourth-order valence-electron chi connectivity index (χ4n) is 1.34. The molecule has 0 saturated heterocycles. The number of imidazole rings is 1. The second kappa shape index (κ2) is 3.49. The number of rotatable bonds is 2. The Morgan fingerprint density at radius 1 is 1.29 bits per heavy atom. The molecule has 74 valence electrons. The summed E-state index contributed by atoms with van der Waals surface area (Å²) in [4.78, 5) is 4.24. The van der Waals surface area contributed by atoms with Crippen LogP contribution in [0.2, 0.25) is 0 Å². The molecule has 0 aliphatic heterocycles. The average molecular weight is 257 g/mol. The second-order valence-electron chi connectivity index (χ2n) is 2.70. The SMILES string of the molecule is COc1ccc2nc(Br)cn2c1OC. The smallest absolute Gasteiger partial charge is 0.242 e. The summed E-state index contributed by atoms with van der Waals surface area (Å²) in [7, 11) is 3.21. The minimum absolute atomic E-state index is 0.642. The van der Waals surface area contributed by atoms with Crippen molar-refractivity contribution in [1.29, 1.82) is 0 Å². The number of nitrogens with zero attached hydrogens (tertiary/aromatic N) is 2. The molecule has 2 rings (SSSR count). The van der Waals surface area contributed by atoms with Gasteiger partial charge in [-0.25, -0.2) is 4.98 Å². The van der Waals surface area contributed by atoms with E-state index < -0.39 is 0 Å². The Balaban J connectivity index is 2.75. The van der Waals surface area contributed by atoms with E-state index in [1.807, 2.05) is 22.7 Å². The fraction of sp³-hybridized carbons (Fsp3) is 0.222. The minimum Gasteiger partial charge on any atom is -0.491 e. The number of aromatic nitrogens is 2. The van der Waals surface area contributed by atoms with Crippen molar-refractivity contribution in [2.75, 3.05) is 14.2 Å². The number of fused-ring (bicyclic) bond motifs is 1. The average Bonchev–Trinajstić information content (AvgIpc) is 2.56. The van der Waals surface area contributed by atoms with Gasteiger partial charge in [0.15, 0.2) is 5.75 Å². The van der Waals surface area contributed by atoms with Crippen LogP contribution in [0.5, 0.6) is 11.6 Å². The third-order valence-corrected chi connectivity index (χ3v) is 2.31. The molecule has 0 fully saturated rings. The molecule has 0 atom stereocenters. The summed E-state index contributed by atoms with van der Waals surface area (Å²) < 4.78 is 13.0. The third kappa shape index (κ3) is 1.33. The predicted octanol–water partition coefficient (Wildman–Crippen LogP) is 2.11. The molecule has 4 nitrogen and oxygen atoms in total. The van der Waals surface area contributed by atoms with E-state index in [9.17, 15) is 0 Å². The van der Waals surface area contributed by atoms with Crippen molar-refractivity contribution in [1.82, 2.24) is 9.38 Å². The molecule has 0 radical (unpaired) electrons. The van der Waals surface area contributed by atoms with Crippen LogP contribution in [-0.4, -0.2) is 23.6 Å². The van der Waals surface area contributed by atoms with Gasteiger partial charge in [0.25, 0.3) is 0 Å². The molecule has 2 heterocycles. The lowest BCUT2D eigenvalue weighted by Crippen LogP contribution is -1.96. The lowest BCUT2D eigenvalue weighted by Gasteiger charge is -2.08. The predicted molar refractivity (Wildman–Crippen MR) is 56.0 cm³/mol. The van der Waals surface area contributed by atoms with Gasteiger partial charge in [-0.05, 0) is 28.1 Å². The number of pyridine rings is 1. The van der Waals surface area contributed by atoms with Gasteiger partial charge in [0.1, 0.15) is 10.3 Å². The lowest BCUT2D eigenvalue weighted by molar-refractivity contribution is 0.339. The molecule has 2 aromatic heterocycles. The monoisotopic (exact) mass is 256 g/mol. The summed E-state index contributed by atoms with van der Waals surface area (Å²) in [5.41, 5.74) is 0.814. The molecule has 0 aliphatic carbocycles. The Kier molecular flexibility index (Phi) is 2.33. The van der Waals surface area contributed by atoms with Crippen LogP contribution in [0.4, 0.5) is 0 Å². The highest BCUT2D eigenvalue weighted by Gasteiger charge is 2.09. The van der Waals surface area contributed by atoms with Gasteiger partial charge >= 0.3 is 0 Å². The zero-order valence-corrected chi connectivity index (χ0v) is 9.41. The fourth-order valence-corrected chi connectivity index (χ4v) is 1.73. The molecule has 0 aromatic carbocycles. The van der Waals surface area contributed by atoms with E-state index in [-0.39, 0.29) is 0 Å². The van der Waals surface area contributed by atoms with E-state index >= 15 is 0 Å². The molecule has 0 amide bonds. The topological polar surface area (TPSA) is 35.8 Å². The quantitative estimate of drug-likeness (QED) is 0.826. The molecule has 0 N–H and O–H groups in total. The number of hydrogen-bond acceptors (Lipinski definition) is 3. The zero-order valence-electron chi connectivity index (χ0n) is 7.82. The molecular formula is C9H9BrN2O2. The summed E-state index contributed by atoms with van der Waals surface area (Å²) in [5.74, 6) is 1.33. The number of halogens is 1. The Morgan fingerprint density at radius 2 is 2.07 bits per heavy atom. The first kappa shape index (κ1) is 9.33. The zero-order chi connectivity index (χ0) is 10.1. The van der Waals surface area contributed by atoms with E-state index in [0.29, 0.717) is 11.6 Å². The summed E-state index contributed by atoms with van der Waals surface area (Å²) >= 11 is 3.31. The molecule has 2 aromatic rings. The Labute approximate surface area is 89.6 Å². The summed E-state index contributed by atoms with van der Waals surface area (Å²) in [5, 5.41) is 0. The van der Waals surface area contributed by atoms with Crippen molar-refractivity contribution in [3.63, 3.8) is 0 Å². The normalized spacial score (nSPS) is 10.5. The van der Waals surface area contributed by atoms with Gasteiger partial charge in [-0.15, -0.1) is 0 Å². The Bertz CT molecular complexity index is 467. The molecular weight excluding hydrogens is 248 g/mol. The van der Waals surface area contributed by atoms with Crippen LogP contribution in [0.15, 0.2) is 22.9 Å². The molecule has 0 bridgehead atoms. The maximum absolute atomic E-state index is 5.24. The van der Waals surface area contributed by atoms with Crippen LogP contribution >= 0.6 is 15.9 Å². The van der Waals surface area contributed by atoms with Crippen molar-refractivity contribution in [3.8, 4) is 11.6 Å². The van der Waals surface area contributed by atoms with Crippen LogP contribution in [-0.2, 0) is 0 Å². The van der Waals surface area contributed by atoms with Gasteiger partial charge in [-0.2, -0.15) is 0 Å². The highest BCUT2D eigenvalue weighted by molar-refractivity contribution is 9.10. The second-order valence-corrected chi connectivity index (χ2v) is 3.52. The van der Waals surface area contributed by atoms with E-state index in [2.05, 4.69) is 20.9 Å². The lowest BCUT2D eigenvalue weighted by atomic mass is 10.4. The first-order chi connectivity index (χ1) is 6.76. The van der Waals surface area contributed by atoms with Crippen LogP contribution in [0.3, 0.4) is 0 Å². The summed E-state index contributed by atoms with van der Waals surface area (Å²) in [6, 6.07) is 3.69. The molecule has 0 saturated carbocycles. The first-order valence-electron chi connectivity index (χ1n) is 4.02. The van der Waals surface area contributed by atoms with Gasteiger partial charge < -0.3 is 9.47 Å². The first-order valence-corrected chi connectivity index (χ1v) is 4.81. The largest absolute Gasteiger partial charge is 0.491 e. The number of ether oxygens (including phenoxy) is 2. The molecule has 14 heavy (non-hydrogen) atoms. The van der Waals surface area contributed by atoms with Gasteiger partial charge in [-0.3, -0.25) is 4.40 Å². The highest BCUT2D eigenvalue weighted by Crippen LogP contribution is 2.28.